The van der Waals surface area contributed by atoms with Gasteiger partial charge in [-0.15, -0.1) is 0 Å². The van der Waals surface area contributed by atoms with Crippen molar-refractivity contribution in [3.63, 3.8) is 0 Å². The predicted octanol–water partition coefficient (Wildman–Crippen LogP) is 2.15. The molecule has 0 aromatic carbocycles. The Hall–Kier alpha value is -0.560. The SMILES string of the molecule is Cc1[c]c(Cl)cc(C)n1. The second-order valence-electron chi connectivity index (χ2n) is 1.96. The van der Waals surface area contributed by atoms with E-state index in [9.17, 15) is 0 Å². The second-order valence-corrected chi connectivity index (χ2v) is 2.36. The molecule has 0 spiro atoms. The molecule has 0 atom stereocenters. The summed E-state index contributed by atoms with van der Waals surface area (Å²) in [6.07, 6.45) is 0. The minimum Gasteiger partial charge on any atom is -0.258 e. The summed E-state index contributed by atoms with van der Waals surface area (Å²) in [5.74, 6) is 0. The number of pyridine rings is 1. The molecule has 0 N–H and O–H groups in total. The summed E-state index contributed by atoms with van der Waals surface area (Å²) in [6, 6.07) is 4.65. The molecule has 1 rings (SSSR count). The molecular formula is C7H7ClN. The standard InChI is InChI=1S/C7H7ClN/c1-5-3-7(8)4-6(2)9-5/h3H,1-2H3. The lowest BCUT2D eigenvalue weighted by atomic mass is 10.3. The van der Waals surface area contributed by atoms with Gasteiger partial charge in [0.05, 0.1) is 5.02 Å². The van der Waals surface area contributed by atoms with Gasteiger partial charge in [-0.05, 0) is 19.9 Å². The zero-order chi connectivity index (χ0) is 6.85. The molecule has 47 valence electrons. The van der Waals surface area contributed by atoms with Gasteiger partial charge in [-0.25, -0.2) is 0 Å². The van der Waals surface area contributed by atoms with Crippen LogP contribution in [0.2, 0.25) is 5.02 Å². The largest absolute Gasteiger partial charge is 0.258 e. The Bertz CT molecular complexity index is 170. The summed E-state index contributed by atoms with van der Waals surface area (Å²) in [5, 5.41) is 0.639. The van der Waals surface area contributed by atoms with E-state index >= 15 is 0 Å². The molecule has 0 saturated heterocycles. The van der Waals surface area contributed by atoms with Gasteiger partial charge in [-0.3, -0.25) is 4.98 Å². The average molecular weight is 141 g/mol. The van der Waals surface area contributed by atoms with Crippen LogP contribution in [-0.2, 0) is 0 Å². The molecule has 1 heterocycles. The molecule has 1 aromatic rings. The Morgan fingerprint density at radius 2 is 2.22 bits per heavy atom. The van der Waals surface area contributed by atoms with Gasteiger partial charge < -0.3 is 0 Å². The Balaban J connectivity index is 3.17. The van der Waals surface area contributed by atoms with Crippen molar-refractivity contribution in [2.75, 3.05) is 0 Å². The molecule has 0 aliphatic heterocycles. The van der Waals surface area contributed by atoms with E-state index in [1.165, 1.54) is 0 Å². The van der Waals surface area contributed by atoms with Crippen LogP contribution in [0.25, 0.3) is 0 Å². The number of nitrogens with zero attached hydrogens (tertiary/aromatic N) is 1. The van der Waals surface area contributed by atoms with Crippen LogP contribution >= 0.6 is 11.6 Å². The van der Waals surface area contributed by atoms with Crippen LogP contribution in [0.15, 0.2) is 6.07 Å². The molecule has 0 saturated carbocycles. The van der Waals surface area contributed by atoms with E-state index in [1.807, 2.05) is 13.8 Å². The van der Waals surface area contributed by atoms with Crippen molar-refractivity contribution in [3.8, 4) is 0 Å². The summed E-state index contributed by atoms with van der Waals surface area (Å²) in [6.45, 7) is 3.78. The molecule has 1 radical (unpaired) electrons. The zero-order valence-corrected chi connectivity index (χ0v) is 6.16. The van der Waals surface area contributed by atoms with Crippen molar-refractivity contribution in [1.82, 2.24) is 4.98 Å². The highest BCUT2D eigenvalue weighted by molar-refractivity contribution is 6.30. The summed E-state index contributed by atoms with van der Waals surface area (Å²) in [5.41, 5.74) is 1.79. The van der Waals surface area contributed by atoms with Gasteiger partial charge in [-0.1, -0.05) is 11.6 Å². The highest BCUT2D eigenvalue weighted by Gasteiger charge is 1.91. The van der Waals surface area contributed by atoms with E-state index in [0.29, 0.717) is 5.02 Å². The monoisotopic (exact) mass is 140 g/mol. The van der Waals surface area contributed by atoms with Crippen LogP contribution in [0.5, 0.6) is 0 Å². The van der Waals surface area contributed by atoms with Crippen molar-refractivity contribution in [1.29, 1.82) is 0 Å². The van der Waals surface area contributed by atoms with E-state index in [0.717, 1.165) is 11.4 Å². The van der Waals surface area contributed by atoms with Crippen molar-refractivity contribution in [3.05, 3.63) is 28.5 Å². The summed E-state index contributed by atoms with van der Waals surface area (Å²) in [7, 11) is 0. The second kappa shape index (κ2) is 2.36. The van der Waals surface area contributed by atoms with Gasteiger partial charge >= 0.3 is 0 Å². The maximum atomic E-state index is 5.65. The maximum absolute atomic E-state index is 5.65. The smallest absolute Gasteiger partial charge is 0.0521 e. The molecular weight excluding hydrogens is 134 g/mol. The lowest BCUT2D eigenvalue weighted by molar-refractivity contribution is 1.12. The van der Waals surface area contributed by atoms with Crippen LogP contribution in [0.4, 0.5) is 0 Å². The fourth-order valence-electron chi connectivity index (χ4n) is 0.717. The minimum absolute atomic E-state index is 0.639. The van der Waals surface area contributed by atoms with Crippen molar-refractivity contribution < 1.29 is 0 Å². The molecule has 0 bridgehead atoms. The lowest BCUT2D eigenvalue weighted by Crippen LogP contribution is -1.84. The Labute approximate surface area is 59.7 Å². The molecule has 9 heavy (non-hydrogen) atoms. The van der Waals surface area contributed by atoms with Gasteiger partial charge in [0.2, 0.25) is 0 Å². The van der Waals surface area contributed by atoms with E-state index in [-0.39, 0.29) is 0 Å². The van der Waals surface area contributed by atoms with E-state index in [1.54, 1.807) is 6.07 Å². The number of hydrogen-bond acceptors (Lipinski definition) is 1. The first-order chi connectivity index (χ1) is 4.18. The third-order valence-electron chi connectivity index (χ3n) is 0.980. The molecule has 0 fully saturated rings. The average Bonchev–Trinajstić information content (AvgIpc) is 1.59. The number of rotatable bonds is 0. The molecule has 1 nitrogen and oxygen atoms in total. The fourth-order valence-corrected chi connectivity index (χ4v) is 1.01. The lowest BCUT2D eigenvalue weighted by Gasteiger charge is -1.93. The number of hydrogen-bond donors (Lipinski definition) is 0. The van der Waals surface area contributed by atoms with E-state index in [2.05, 4.69) is 11.1 Å². The Morgan fingerprint density at radius 3 is 2.67 bits per heavy atom. The first kappa shape index (κ1) is 6.56. The summed E-state index contributed by atoms with van der Waals surface area (Å²) >= 11 is 5.65. The highest BCUT2D eigenvalue weighted by Crippen LogP contribution is 2.08. The number of aryl methyl sites for hydroxylation is 2. The van der Waals surface area contributed by atoms with Crippen molar-refractivity contribution in [2.24, 2.45) is 0 Å². The Morgan fingerprint density at radius 1 is 1.56 bits per heavy atom. The van der Waals surface area contributed by atoms with Crippen LogP contribution in [0.1, 0.15) is 11.4 Å². The highest BCUT2D eigenvalue weighted by atomic mass is 35.5. The van der Waals surface area contributed by atoms with Gasteiger partial charge in [0.25, 0.3) is 0 Å². The van der Waals surface area contributed by atoms with Crippen LogP contribution in [-0.4, -0.2) is 4.98 Å². The third kappa shape index (κ3) is 1.68. The topological polar surface area (TPSA) is 12.9 Å². The van der Waals surface area contributed by atoms with Gasteiger partial charge in [0.1, 0.15) is 0 Å². The van der Waals surface area contributed by atoms with E-state index in [4.69, 9.17) is 11.6 Å². The first-order valence-corrected chi connectivity index (χ1v) is 3.09. The number of halogens is 1. The molecule has 0 unspecified atom stereocenters. The molecule has 0 amide bonds. The van der Waals surface area contributed by atoms with Crippen molar-refractivity contribution in [2.45, 2.75) is 13.8 Å². The normalized spacial score (nSPS) is 9.67. The third-order valence-corrected chi connectivity index (χ3v) is 1.18. The van der Waals surface area contributed by atoms with Crippen LogP contribution < -0.4 is 0 Å². The molecule has 0 aliphatic rings. The number of aromatic nitrogens is 1. The maximum Gasteiger partial charge on any atom is 0.0521 e. The minimum atomic E-state index is 0.639. The molecule has 1 aromatic heterocycles. The quantitative estimate of drug-likeness (QED) is 0.538. The van der Waals surface area contributed by atoms with Crippen LogP contribution in [0, 0.1) is 19.9 Å². The van der Waals surface area contributed by atoms with E-state index < -0.39 is 0 Å². The summed E-state index contributed by atoms with van der Waals surface area (Å²) < 4.78 is 0. The zero-order valence-electron chi connectivity index (χ0n) is 5.40. The summed E-state index contributed by atoms with van der Waals surface area (Å²) in [4.78, 5) is 4.09. The molecule has 2 heteroatoms. The van der Waals surface area contributed by atoms with Gasteiger partial charge in [-0.2, -0.15) is 0 Å². The fraction of sp³-hybridized carbons (Fsp3) is 0.286. The first-order valence-electron chi connectivity index (χ1n) is 2.71. The van der Waals surface area contributed by atoms with Crippen molar-refractivity contribution >= 4 is 11.6 Å². The van der Waals surface area contributed by atoms with Gasteiger partial charge in [0.15, 0.2) is 0 Å². The van der Waals surface area contributed by atoms with Gasteiger partial charge in [0, 0.05) is 17.5 Å². The van der Waals surface area contributed by atoms with Crippen LogP contribution in [0.3, 0.4) is 0 Å². The Kier molecular flexibility index (Phi) is 1.72. The molecule has 0 aliphatic carbocycles. The predicted molar refractivity (Wildman–Crippen MR) is 37.6 cm³/mol.